The summed E-state index contributed by atoms with van der Waals surface area (Å²) in [6, 6.07) is 13.3. The molecule has 0 bridgehead atoms. The van der Waals surface area contributed by atoms with Crippen LogP contribution in [0.4, 0.5) is 0 Å². The van der Waals surface area contributed by atoms with Crippen LogP contribution in [0.1, 0.15) is 18.1 Å². The van der Waals surface area contributed by atoms with Gasteiger partial charge in [-0.15, -0.1) is 0 Å². The summed E-state index contributed by atoms with van der Waals surface area (Å²) in [6.07, 6.45) is 1.81. The van der Waals surface area contributed by atoms with Crippen LogP contribution in [-0.4, -0.2) is 54.0 Å². The van der Waals surface area contributed by atoms with E-state index in [0.717, 1.165) is 43.3 Å². The fraction of sp³-hybridized carbons (Fsp3) is 0.350. The molecule has 1 saturated heterocycles. The highest BCUT2D eigenvalue weighted by Gasteiger charge is 2.16. The minimum Gasteiger partial charge on any atom is -0.504 e. The summed E-state index contributed by atoms with van der Waals surface area (Å²) in [5.41, 5.74) is 2.07. The van der Waals surface area contributed by atoms with Gasteiger partial charge in [0, 0.05) is 37.7 Å². The van der Waals surface area contributed by atoms with Crippen molar-refractivity contribution in [2.75, 3.05) is 32.8 Å². The van der Waals surface area contributed by atoms with E-state index < -0.39 is 0 Å². The number of piperazine rings is 1. The van der Waals surface area contributed by atoms with Crippen LogP contribution < -0.4 is 4.74 Å². The lowest BCUT2D eigenvalue weighted by molar-refractivity contribution is 0.131. The fourth-order valence-electron chi connectivity index (χ4n) is 2.91. The number of hydrogen-bond donors (Lipinski definition) is 1. The van der Waals surface area contributed by atoms with Gasteiger partial charge < -0.3 is 9.84 Å². The monoisotopic (exact) mass is 373 g/mol. The van der Waals surface area contributed by atoms with Crippen molar-refractivity contribution in [2.45, 2.75) is 13.5 Å². The van der Waals surface area contributed by atoms with E-state index in [1.54, 1.807) is 12.1 Å². The minimum absolute atomic E-state index is 0.150. The van der Waals surface area contributed by atoms with E-state index in [1.807, 2.05) is 37.4 Å². The van der Waals surface area contributed by atoms with E-state index in [9.17, 15) is 5.11 Å². The standard InChI is InChI=1S/C20H24ClN3O2/c1-2-26-20-13-16(7-8-19(20)25)14-22-24-11-9-23(10-12-24)15-17-5-3-4-6-18(17)21/h3-8,13-14,25H,2,9-12,15H2,1H3/b22-14+. The van der Waals surface area contributed by atoms with Crippen molar-refractivity contribution in [2.24, 2.45) is 5.10 Å². The molecule has 0 amide bonds. The molecular formula is C20H24ClN3O2. The van der Waals surface area contributed by atoms with Crippen LogP contribution in [-0.2, 0) is 6.54 Å². The van der Waals surface area contributed by atoms with Gasteiger partial charge in [-0.1, -0.05) is 29.8 Å². The number of phenols is 1. The maximum absolute atomic E-state index is 9.76. The van der Waals surface area contributed by atoms with Gasteiger partial charge in [0.2, 0.25) is 0 Å². The van der Waals surface area contributed by atoms with Crippen molar-refractivity contribution in [3.8, 4) is 11.5 Å². The maximum Gasteiger partial charge on any atom is 0.161 e. The lowest BCUT2D eigenvalue weighted by Gasteiger charge is -2.33. The van der Waals surface area contributed by atoms with Crippen molar-refractivity contribution < 1.29 is 9.84 Å². The van der Waals surface area contributed by atoms with Crippen LogP contribution in [0.15, 0.2) is 47.6 Å². The second-order valence-corrected chi connectivity index (χ2v) is 6.63. The van der Waals surface area contributed by atoms with E-state index in [0.29, 0.717) is 12.4 Å². The Balaban J connectivity index is 1.53. The van der Waals surface area contributed by atoms with Crippen LogP contribution in [0.3, 0.4) is 0 Å². The molecule has 0 atom stereocenters. The van der Waals surface area contributed by atoms with Crippen LogP contribution in [0.25, 0.3) is 0 Å². The summed E-state index contributed by atoms with van der Waals surface area (Å²) in [4.78, 5) is 2.39. The van der Waals surface area contributed by atoms with E-state index in [1.165, 1.54) is 5.56 Å². The van der Waals surface area contributed by atoms with Crippen molar-refractivity contribution in [3.05, 3.63) is 58.6 Å². The van der Waals surface area contributed by atoms with Crippen LogP contribution in [0, 0.1) is 0 Å². The summed E-state index contributed by atoms with van der Waals surface area (Å²) < 4.78 is 5.41. The normalized spacial score (nSPS) is 15.5. The first-order valence-corrected chi connectivity index (χ1v) is 9.24. The van der Waals surface area contributed by atoms with Gasteiger partial charge in [-0.2, -0.15) is 5.10 Å². The number of phenolic OH excluding ortho intramolecular Hbond substituents is 1. The highest BCUT2D eigenvalue weighted by molar-refractivity contribution is 6.31. The number of benzene rings is 2. The Morgan fingerprint density at radius 2 is 1.92 bits per heavy atom. The maximum atomic E-state index is 9.76. The lowest BCUT2D eigenvalue weighted by Crippen LogP contribution is -2.43. The Morgan fingerprint density at radius 1 is 1.15 bits per heavy atom. The van der Waals surface area contributed by atoms with Gasteiger partial charge in [-0.05, 0) is 42.3 Å². The smallest absolute Gasteiger partial charge is 0.161 e. The third-order valence-electron chi connectivity index (χ3n) is 4.35. The molecule has 0 radical (unpaired) electrons. The Labute approximate surface area is 159 Å². The zero-order valence-electron chi connectivity index (χ0n) is 14.9. The summed E-state index contributed by atoms with van der Waals surface area (Å²) in [6.45, 7) is 6.91. The Hall–Kier alpha value is -2.24. The first kappa shape index (κ1) is 18.5. The lowest BCUT2D eigenvalue weighted by atomic mass is 10.2. The molecule has 0 unspecified atom stereocenters. The number of rotatable bonds is 6. The molecule has 1 aliphatic rings. The van der Waals surface area contributed by atoms with Gasteiger partial charge >= 0.3 is 0 Å². The largest absolute Gasteiger partial charge is 0.504 e. The van der Waals surface area contributed by atoms with Gasteiger partial charge in [-0.25, -0.2) is 0 Å². The molecule has 3 rings (SSSR count). The van der Waals surface area contributed by atoms with Crippen LogP contribution in [0.5, 0.6) is 11.5 Å². The number of halogens is 1. The molecule has 1 N–H and O–H groups in total. The molecule has 0 aliphatic carbocycles. The molecule has 0 saturated carbocycles. The average Bonchev–Trinajstić information content (AvgIpc) is 2.65. The second-order valence-electron chi connectivity index (χ2n) is 6.23. The molecule has 6 heteroatoms. The molecular weight excluding hydrogens is 350 g/mol. The van der Waals surface area contributed by atoms with Crippen molar-refractivity contribution in [3.63, 3.8) is 0 Å². The van der Waals surface area contributed by atoms with Gasteiger partial charge in [0.05, 0.1) is 12.8 Å². The summed E-state index contributed by atoms with van der Waals surface area (Å²) in [7, 11) is 0. The van der Waals surface area contributed by atoms with Gasteiger partial charge in [0.25, 0.3) is 0 Å². The average molecular weight is 374 g/mol. The zero-order chi connectivity index (χ0) is 18.4. The van der Waals surface area contributed by atoms with E-state index in [2.05, 4.69) is 21.1 Å². The number of hydrogen-bond acceptors (Lipinski definition) is 5. The molecule has 5 nitrogen and oxygen atoms in total. The number of aromatic hydroxyl groups is 1. The fourth-order valence-corrected chi connectivity index (χ4v) is 3.10. The molecule has 138 valence electrons. The zero-order valence-corrected chi connectivity index (χ0v) is 15.7. The molecule has 2 aromatic rings. The van der Waals surface area contributed by atoms with E-state index in [4.69, 9.17) is 16.3 Å². The van der Waals surface area contributed by atoms with E-state index in [-0.39, 0.29) is 5.75 Å². The molecule has 0 spiro atoms. The van der Waals surface area contributed by atoms with Crippen molar-refractivity contribution in [1.82, 2.24) is 9.91 Å². The quantitative estimate of drug-likeness (QED) is 0.786. The topological polar surface area (TPSA) is 48.3 Å². The molecule has 1 aliphatic heterocycles. The van der Waals surface area contributed by atoms with Crippen molar-refractivity contribution in [1.29, 1.82) is 0 Å². The van der Waals surface area contributed by atoms with Gasteiger partial charge in [0.15, 0.2) is 11.5 Å². The predicted molar refractivity (Wildman–Crippen MR) is 105 cm³/mol. The number of nitrogens with zero attached hydrogens (tertiary/aromatic N) is 3. The molecule has 0 aromatic heterocycles. The first-order chi connectivity index (χ1) is 12.7. The highest BCUT2D eigenvalue weighted by Crippen LogP contribution is 2.26. The van der Waals surface area contributed by atoms with E-state index >= 15 is 0 Å². The Morgan fingerprint density at radius 3 is 2.65 bits per heavy atom. The first-order valence-electron chi connectivity index (χ1n) is 8.86. The van der Waals surface area contributed by atoms with Crippen LogP contribution >= 0.6 is 11.6 Å². The third kappa shape index (κ3) is 4.90. The SMILES string of the molecule is CCOc1cc(/C=N/N2CCN(Cc3ccccc3Cl)CC2)ccc1O. The third-order valence-corrected chi connectivity index (χ3v) is 4.72. The number of hydrazone groups is 1. The Bertz CT molecular complexity index is 758. The minimum atomic E-state index is 0.150. The number of ether oxygens (including phenoxy) is 1. The molecule has 2 aromatic carbocycles. The summed E-state index contributed by atoms with van der Waals surface area (Å²) in [5.74, 6) is 0.637. The van der Waals surface area contributed by atoms with Gasteiger partial charge in [-0.3, -0.25) is 9.91 Å². The summed E-state index contributed by atoms with van der Waals surface area (Å²) in [5, 5.41) is 17.2. The molecule has 26 heavy (non-hydrogen) atoms. The Kier molecular flexibility index (Phi) is 6.36. The second kappa shape index (κ2) is 8.92. The molecule has 1 heterocycles. The predicted octanol–water partition coefficient (Wildman–Crippen LogP) is 3.60. The highest BCUT2D eigenvalue weighted by atomic mass is 35.5. The van der Waals surface area contributed by atoms with Crippen molar-refractivity contribution >= 4 is 17.8 Å². The van der Waals surface area contributed by atoms with Crippen LogP contribution in [0.2, 0.25) is 5.02 Å². The molecule has 1 fully saturated rings. The van der Waals surface area contributed by atoms with Gasteiger partial charge in [0.1, 0.15) is 0 Å². The summed E-state index contributed by atoms with van der Waals surface area (Å²) >= 11 is 6.25.